The number of aliphatic hydroxyl groups is 1. The smallest absolute Gasteiger partial charge is 0.191 e. The van der Waals surface area contributed by atoms with Gasteiger partial charge in [-0.05, 0) is 55.4 Å². The predicted molar refractivity (Wildman–Crippen MR) is 102 cm³/mol. The van der Waals surface area contributed by atoms with Crippen LogP contribution in [0.25, 0.3) is 0 Å². The molecule has 3 N–H and O–H groups in total. The van der Waals surface area contributed by atoms with E-state index in [0.29, 0.717) is 24.3 Å². The van der Waals surface area contributed by atoms with Crippen LogP contribution in [0, 0.1) is 17.7 Å². The van der Waals surface area contributed by atoms with Gasteiger partial charge in [0.05, 0.1) is 6.54 Å². The first kappa shape index (κ1) is 20.9. The van der Waals surface area contributed by atoms with Crippen LogP contribution in [-0.4, -0.2) is 30.8 Å². The molecule has 0 aliphatic heterocycles. The Morgan fingerprint density at radius 3 is 2.71 bits per heavy atom. The molecule has 1 rings (SSSR count). The molecule has 0 heterocycles. The normalized spacial score (nSPS) is 13.2. The second kappa shape index (κ2) is 11.4. The average molecular weight is 402 g/mol. The third-order valence-electron chi connectivity index (χ3n) is 3.66. The van der Waals surface area contributed by atoms with Gasteiger partial charge < -0.3 is 15.7 Å². The lowest BCUT2D eigenvalue weighted by Crippen LogP contribution is -2.40. The number of hydrogen-bond acceptors (Lipinski definition) is 2. The quantitative estimate of drug-likeness (QED) is 0.436. The molecule has 0 spiro atoms. The van der Waals surface area contributed by atoms with Gasteiger partial charge in [-0.1, -0.05) is 29.8 Å². The van der Waals surface area contributed by atoms with E-state index >= 15 is 0 Å². The van der Waals surface area contributed by atoms with Gasteiger partial charge in [-0.25, -0.2) is 9.38 Å². The molecule has 1 unspecified atom stereocenters. The Morgan fingerprint density at radius 2 is 2.08 bits per heavy atom. The van der Waals surface area contributed by atoms with Crippen molar-refractivity contribution in [3.63, 3.8) is 0 Å². The van der Waals surface area contributed by atoms with Crippen LogP contribution in [0.4, 0.5) is 4.39 Å². The summed E-state index contributed by atoms with van der Waals surface area (Å²) in [6.45, 7) is 8.48. The minimum atomic E-state index is -0.263. The molecular weight excluding hydrogens is 373 g/mol. The van der Waals surface area contributed by atoms with Crippen LogP contribution >= 0.6 is 15.9 Å². The molecule has 6 heteroatoms. The first-order chi connectivity index (χ1) is 11.5. The number of benzene rings is 1. The van der Waals surface area contributed by atoms with E-state index in [1.54, 1.807) is 6.07 Å². The number of nitrogens with zero attached hydrogens (tertiary/aromatic N) is 1. The molecule has 0 saturated heterocycles. The van der Waals surface area contributed by atoms with Gasteiger partial charge in [0.1, 0.15) is 5.82 Å². The van der Waals surface area contributed by atoms with Crippen molar-refractivity contribution in [2.24, 2.45) is 16.8 Å². The zero-order valence-electron chi connectivity index (χ0n) is 14.8. The van der Waals surface area contributed by atoms with E-state index in [1.165, 1.54) is 12.1 Å². The van der Waals surface area contributed by atoms with Crippen LogP contribution < -0.4 is 10.6 Å². The highest BCUT2D eigenvalue weighted by molar-refractivity contribution is 9.10. The SMILES string of the molecule is CCNC(=NCc1cc(F)ccc1Br)NCC(CCO)CC(C)C. The molecule has 0 aromatic heterocycles. The van der Waals surface area contributed by atoms with Crippen molar-refractivity contribution >= 4 is 21.9 Å². The fourth-order valence-electron chi connectivity index (χ4n) is 2.56. The highest BCUT2D eigenvalue weighted by atomic mass is 79.9. The largest absolute Gasteiger partial charge is 0.396 e. The van der Waals surface area contributed by atoms with Crippen LogP contribution in [0.5, 0.6) is 0 Å². The lowest BCUT2D eigenvalue weighted by molar-refractivity contribution is 0.243. The Labute approximate surface area is 153 Å². The van der Waals surface area contributed by atoms with E-state index in [2.05, 4.69) is 45.4 Å². The molecular formula is C18H29BrFN3O. The summed E-state index contributed by atoms with van der Waals surface area (Å²) in [4.78, 5) is 4.53. The highest BCUT2D eigenvalue weighted by Crippen LogP contribution is 2.18. The Hall–Kier alpha value is -1.14. The highest BCUT2D eigenvalue weighted by Gasteiger charge is 2.11. The van der Waals surface area contributed by atoms with Crippen molar-refractivity contribution in [3.8, 4) is 0 Å². The van der Waals surface area contributed by atoms with Gasteiger partial charge in [0.15, 0.2) is 5.96 Å². The van der Waals surface area contributed by atoms with Gasteiger partial charge in [-0.2, -0.15) is 0 Å². The molecule has 0 saturated carbocycles. The molecule has 1 aromatic rings. The number of aliphatic imine (C=N–C) groups is 1. The monoisotopic (exact) mass is 401 g/mol. The molecule has 136 valence electrons. The maximum atomic E-state index is 13.4. The van der Waals surface area contributed by atoms with E-state index < -0.39 is 0 Å². The molecule has 0 aliphatic rings. The van der Waals surface area contributed by atoms with Crippen LogP contribution in [0.1, 0.15) is 39.2 Å². The number of guanidine groups is 1. The number of halogens is 2. The number of aliphatic hydroxyl groups excluding tert-OH is 1. The lowest BCUT2D eigenvalue weighted by Gasteiger charge is -2.20. The van der Waals surface area contributed by atoms with Crippen molar-refractivity contribution in [1.82, 2.24) is 10.6 Å². The first-order valence-electron chi connectivity index (χ1n) is 8.53. The second-order valence-electron chi connectivity index (χ2n) is 6.32. The van der Waals surface area contributed by atoms with Gasteiger partial charge >= 0.3 is 0 Å². The maximum absolute atomic E-state index is 13.4. The molecule has 24 heavy (non-hydrogen) atoms. The van der Waals surface area contributed by atoms with Crippen molar-refractivity contribution in [2.45, 2.75) is 40.2 Å². The van der Waals surface area contributed by atoms with Crippen LogP contribution in [0.3, 0.4) is 0 Å². The summed E-state index contributed by atoms with van der Waals surface area (Å²) in [5, 5.41) is 15.8. The lowest BCUT2D eigenvalue weighted by atomic mass is 9.94. The maximum Gasteiger partial charge on any atom is 0.191 e. The summed E-state index contributed by atoms with van der Waals surface area (Å²) >= 11 is 3.42. The number of hydrogen-bond donors (Lipinski definition) is 3. The van der Waals surface area contributed by atoms with Crippen molar-refractivity contribution in [2.75, 3.05) is 19.7 Å². The number of nitrogens with one attached hydrogen (secondary N) is 2. The molecule has 0 fully saturated rings. The Bertz CT molecular complexity index is 523. The Kier molecular flexibility index (Phi) is 9.95. The summed E-state index contributed by atoms with van der Waals surface area (Å²) in [6, 6.07) is 4.61. The Balaban J connectivity index is 2.69. The van der Waals surface area contributed by atoms with E-state index in [0.717, 1.165) is 36.0 Å². The third-order valence-corrected chi connectivity index (χ3v) is 4.43. The summed E-state index contributed by atoms with van der Waals surface area (Å²) in [6.07, 6.45) is 1.84. The van der Waals surface area contributed by atoms with E-state index in [9.17, 15) is 9.50 Å². The Morgan fingerprint density at radius 1 is 1.33 bits per heavy atom. The fraction of sp³-hybridized carbons (Fsp3) is 0.611. The van der Waals surface area contributed by atoms with Gasteiger partial charge in [0.2, 0.25) is 0 Å². The van der Waals surface area contributed by atoms with Crippen LogP contribution in [-0.2, 0) is 6.54 Å². The van der Waals surface area contributed by atoms with Gasteiger partial charge in [0.25, 0.3) is 0 Å². The first-order valence-corrected chi connectivity index (χ1v) is 9.32. The minimum Gasteiger partial charge on any atom is -0.396 e. The van der Waals surface area contributed by atoms with Crippen molar-refractivity contribution < 1.29 is 9.50 Å². The molecule has 1 atom stereocenters. The molecule has 0 aliphatic carbocycles. The summed E-state index contributed by atoms with van der Waals surface area (Å²) in [7, 11) is 0. The zero-order valence-corrected chi connectivity index (χ0v) is 16.4. The number of rotatable bonds is 9. The second-order valence-corrected chi connectivity index (χ2v) is 7.17. The topological polar surface area (TPSA) is 56.7 Å². The van der Waals surface area contributed by atoms with Crippen molar-refractivity contribution in [1.29, 1.82) is 0 Å². The molecule has 0 amide bonds. The zero-order chi connectivity index (χ0) is 17.9. The van der Waals surface area contributed by atoms with Crippen LogP contribution in [0.2, 0.25) is 0 Å². The van der Waals surface area contributed by atoms with Gasteiger partial charge in [0, 0.05) is 24.2 Å². The summed E-state index contributed by atoms with van der Waals surface area (Å²) in [5.41, 5.74) is 0.807. The van der Waals surface area contributed by atoms with Gasteiger partial charge in [-0.3, -0.25) is 0 Å². The molecule has 0 radical (unpaired) electrons. The standard InChI is InChI=1S/C18H29BrFN3O/c1-4-21-18(22-11-14(7-8-24)9-13(2)3)23-12-15-10-16(20)5-6-17(15)19/h5-6,10,13-14,24H,4,7-9,11-12H2,1-3H3,(H2,21,22,23). The minimum absolute atomic E-state index is 0.197. The molecule has 0 bridgehead atoms. The van der Waals surface area contributed by atoms with E-state index in [1.807, 2.05) is 6.92 Å². The van der Waals surface area contributed by atoms with Crippen molar-refractivity contribution in [3.05, 3.63) is 34.1 Å². The van der Waals surface area contributed by atoms with E-state index in [-0.39, 0.29) is 12.4 Å². The molecule has 1 aromatic carbocycles. The summed E-state index contributed by atoms with van der Waals surface area (Å²) < 4.78 is 14.2. The van der Waals surface area contributed by atoms with Gasteiger partial charge in [-0.15, -0.1) is 0 Å². The fourth-order valence-corrected chi connectivity index (χ4v) is 2.94. The average Bonchev–Trinajstić information content (AvgIpc) is 2.52. The van der Waals surface area contributed by atoms with Crippen LogP contribution in [0.15, 0.2) is 27.7 Å². The predicted octanol–water partition coefficient (Wildman–Crippen LogP) is 3.69. The summed E-state index contributed by atoms with van der Waals surface area (Å²) in [5.74, 6) is 1.44. The molecule has 4 nitrogen and oxygen atoms in total. The third kappa shape index (κ3) is 8.11. The van der Waals surface area contributed by atoms with E-state index in [4.69, 9.17) is 0 Å².